The Hall–Kier alpha value is -3.53. The van der Waals surface area contributed by atoms with Crippen molar-refractivity contribution in [3.8, 4) is 17.2 Å². The lowest BCUT2D eigenvalue weighted by molar-refractivity contribution is 0.101. The molecule has 0 radical (unpaired) electrons. The van der Waals surface area contributed by atoms with Gasteiger partial charge in [-0.3, -0.25) is 4.79 Å². The summed E-state index contributed by atoms with van der Waals surface area (Å²) in [4.78, 5) is 12.9. The highest BCUT2D eigenvalue weighted by Crippen LogP contribution is 2.38. The van der Waals surface area contributed by atoms with Crippen LogP contribution in [0.25, 0.3) is 6.08 Å². The Bertz CT molecular complexity index is 1110. The molecule has 0 bridgehead atoms. The van der Waals surface area contributed by atoms with E-state index in [1.165, 1.54) is 5.56 Å². The molecule has 0 saturated heterocycles. The maximum Gasteiger partial charge on any atom is 0.232 e. The van der Waals surface area contributed by atoms with Crippen LogP contribution in [0.4, 0.5) is 0 Å². The Labute approximate surface area is 176 Å². The summed E-state index contributed by atoms with van der Waals surface area (Å²) in [7, 11) is 0. The number of ether oxygens (including phenoxy) is 3. The van der Waals surface area contributed by atoms with Gasteiger partial charge in [-0.2, -0.15) is 0 Å². The average Bonchev–Trinajstić information content (AvgIpc) is 3.05. The van der Waals surface area contributed by atoms with E-state index >= 15 is 0 Å². The lowest BCUT2D eigenvalue weighted by atomic mass is 10.0. The first-order valence-corrected chi connectivity index (χ1v) is 10.0. The minimum atomic E-state index is -0.126. The van der Waals surface area contributed by atoms with Crippen LogP contribution in [0, 0.1) is 13.8 Å². The van der Waals surface area contributed by atoms with E-state index in [1.807, 2.05) is 56.3 Å². The molecule has 0 amide bonds. The Morgan fingerprint density at radius 1 is 0.967 bits per heavy atom. The molecule has 3 aromatic carbocycles. The van der Waals surface area contributed by atoms with E-state index in [4.69, 9.17) is 14.2 Å². The summed E-state index contributed by atoms with van der Waals surface area (Å²) in [6, 6.07) is 19.5. The van der Waals surface area contributed by atoms with Crippen molar-refractivity contribution in [2.24, 2.45) is 0 Å². The molecular weight excluding hydrogens is 376 g/mol. The van der Waals surface area contributed by atoms with Crippen molar-refractivity contribution in [2.45, 2.75) is 27.4 Å². The summed E-state index contributed by atoms with van der Waals surface area (Å²) < 4.78 is 17.5. The predicted molar refractivity (Wildman–Crippen MR) is 117 cm³/mol. The fourth-order valence-electron chi connectivity index (χ4n) is 3.44. The first kappa shape index (κ1) is 19.8. The number of carbonyl (C=O) groups excluding carboxylic acids is 1. The molecule has 3 aromatic rings. The summed E-state index contributed by atoms with van der Waals surface area (Å²) in [5, 5.41) is 0. The highest BCUT2D eigenvalue weighted by atomic mass is 16.5. The van der Waals surface area contributed by atoms with Gasteiger partial charge in [-0.05, 0) is 50.1 Å². The van der Waals surface area contributed by atoms with Crippen LogP contribution in [0.3, 0.4) is 0 Å². The molecule has 152 valence electrons. The van der Waals surface area contributed by atoms with Crippen LogP contribution >= 0.6 is 0 Å². The Balaban J connectivity index is 1.57. The molecule has 4 nitrogen and oxygen atoms in total. The van der Waals surface area contributed by atoms with Gasteiger partial charge in [0.2, 0.25) is 5.78 Å². The Morgan fingerprint density at radius 3 is 2.50 bits per heavy atom. The molecule has 0 saturated carbocycles. The second kappa shape index (κ2) is 8.46. The zero-order valence-corrected chi connectivity index (χ0v) is 17.4. The number of fused-ring (bicyclic) bond motifs is 1. The summed E-state index contributed by atoms with van der Waals surface area (Å²) >= 11 is 0. The van der Waals surface area contributed by atoms with Gasteiger partial charge in [0.1, 0.15) is 23.9 Å². The number of aryl methyl sites for hydroxylation is 2. The van der Waals surface area contributed by atoms with E-state index in [0.29, 0.717) is 30.3 Å². The van der Waals surface area contributed by atoms with Crippen molar-refractivity contribution in [1.29, 1.82) is 0 Å². The quantitative estimate of drug-likeness (QED) is 0.484. The monoisotopic (exact) mass is 400 g/mol. The maximum absolute atomic E-state index is 12.9. The molecule has 0 aromatic heterocycles. The number of hydrogen-bond donors (Lipinski definition) is 0. The molecule has 0 atom stereocenters. The highest BCUT2D eigenvalue weighted by molar-refractivity contribution is 6.15. The van der Waals surface area contributed by atoms with Crippen LogP contribution in [0.5, 0.6) is 17.2 Å². The highest BCUT2D eigenvalue weighted by Gasteiger charge is 2.30. The average molecular weight is 400 g/mol. The lowest BCUT2D eigenvalue weighted by Gasteiger charge is -2.09. The van der Waals surface area contributed by atoms with Gasteiger partial charge >= 0.3 is 0 Å². The number of para-hydroxylation sites is 1. The zero-order chi connectivity index (χ0) is 21.1. The maximum atomic E-state index is 12.9. The number of hydrogen-bond acceptors (Lipinski definition) is 4. The van der Waals surface area contributed by atoms with Crippen LogP contribution in [0.15, 0.2) is 66.4 Å². The fourth-order valence-corrected chi connectivity index (χ4v) is 3.44. The van der Waals surface area contributed by atoms with E-state index in [9.17, 15) is 4.79 Å². The topological polar surface area (TPSA) is 44.8 Å². The first-order chi connectivity index (χ1) is 14.5. The third-order valence-corrected chi connectivity index (χ3v) is 4.98. The van der Waals surface area contributed by atoms with E-state index in [1.54, 1.807) is 12.1 Å². The molecule has 0 N–H and O–H groups in total. The van der Waals surface area contributed by atoms with E-state index in [2.05, 4.69) is 19.1 Å². The summed E-state index contributed by atoms with van der Waals surface area (Å²) in [5.41, 5.74) is 4.52. The molecule has 4 heteroatoms. The fraction of sp³-hybridized carbons (Fsp3) is 0.192. The van der Waals surface area contributed by atoms with Gasteiger partial charge in [-0.25, -0.2) is 0 Å². The van der Waals surface area contributed by atoms with Crippen molar-refractivity contribution in [3.05, 3.63) is 94.2 Å². The molecule has 1 heterocycles. The Morgan fingerprint density at radius 2 is 1.73 bits per heavy atom. The smallest absolute Gasteiger partial charge is 0.232 e. The second-order valence-corrected chi connectivity index (χ2v) is 7.30. The van der Waals surface area contributed by atoms with Crippen LogP contribution in [-0.2, 0) is 6.61 Å². The number of carbonyl (C=O) groups is 1. The van der Waals surface area contributed by atoms with Crippen molar-refractivity contribution in [2.75, 3.05) is 6.61 Å². The van der Waals surface area contributed by atoms with Crippen molar-refractivity contribution in [1.82, 2.24) is 0 Å². The third-order valence-electron chi connectivity index (χ3n) is 4.98. The molecule has 30 heavy (non-hydrogen) atoms. The van der Waals surface area contributed by atoms with Crippen LogP contribution in [0.2, 0.25) is 0 Å². The van der Waals surface area contributed by atoms with E-state index in [0.717, 1.165) is 22.4 Å². The zero-order valence-electron chi connectivity index (χ0n) is 17.4. The molecular formula is C26H24O4. The minimum Gasteiger partial charge on any atom is -0.493 e. The molecule has 0 aliphatic carbocycles. The SMILES string of the molecule is CCOc1ccccc1/C=C1\Oc2cc(OCc3ccc(C)cc3)cc(C)c2C1=O. The lowest BCUT2D eigenvalue weighted by Crippen LogP contribution is -2.01. The first-order valence-electron chi connectivity index (χ1n) is 10.0. The van der Waals surface area contributed by atoms with Crippen LogP contribution < -0.4 is 14.2 Å². The molecule has 1 aliphatic rings. The molecule has 1 aliphatic heterocycles. The van der Waals surface area contributed by atoms with Gasteiger partial charge in [-0.1, -0.05) is 48.0 Å². The number of allylic oxidation sites excluding steroid dienone is 1. The third kappa shape index (κ3) is 4.08. The van der Waals surface area contributed by atoms with Gasteiger partial charge in [-0.15, -0.1) is 0 Å². The summed E-state index contributed by atoms with van der Waals surface area (Å²) in [6.45, 7) is 6.89. The van der Waals surface area contributed by atoms with Gasteiger partial charge in [0.05, 0.1) is 12.2 Å². The van der Waals surface area contributed by atoms with Gasteiger partial charge in [0, 0.05) is 11.6 Å². The second-order valence-electron chi connectivity index (χ2n) is 7.30. The summed E-state index contributed by atoms with van der Waals surface area (Å²) in [5.74, 6) is 2.09. The number of ketones is 1. The van der Waals surface area contributed by atoms with Crippen molar-refractivity contribution >= 4 is 11.9 Å². The van der Waals surface area contributed by atoms with Crippen molar-refractivity contribution < 1.29 is 19.0 Å². The van der Waals surface area contributed by atoms with Crippen molar-refractivity contribution in [3.63, 3.8) is 0 Å². The normalized spacial score (nSPS) is 13.8. The summed E-state index contributed by atoms with van der Waals surface area (Å²) in [6.07, 6.45) is 1.74. The largest absolute Gasteiger partial charge is 0.493 e. The minimum absolute atomic E-state index is 0.126. The molecule has 0 unspecified atom stereocenters. The molecule has 0 spiro atoms. The van der Waals surface area contributed by atoms with E-state index < -0.39 is 0 Å². The molecule has 0 fully saturated rings. The number of Topliss-reactive ketones (excluding diaryl/α,β-unsaturated/α-hetero) is 1. The van der Waals surface area contributed by atoms with Crippen LogP contribution in [-0.4, -0.2) is 12.4 Å². The Kier molecular flexibility index (Phi) is 5.57. The predicted octanol–water partition coefficient (Wildman–Crippen LogP) is 5.90. The number of rotatable bonds is 6. The van der Waals surface area contributed by atoms with E-state index in [-0.39, 0.29) is 11.5 Å². The molecule has 4 rings (SSSR count). The van der Waals surface area contributed by atoms with Gasteiger partial charge in [0.25, 0.3) is 0 Å². The van der Waals surface area contributed by atoms with Crippen LogP contribution in [0.1, 0.15) is 39.5 Å². The number of benzene rings is 3. The van der Waals surface area contributed by atoms with Gasteiger partial charge < -0.3 is 14.2 Å². The standard InChI is InChI=1S/C26H24O4/c1-4-28-22-8-6-5-7-20(22)14-24-26(27)25-18(3)13-21(15-23(25)30-24)29-16-19-11-9-17(2)10-12-19/h5-15H,4,16H2,1-3H3/b24-14-. The van der Waals surface area contributed by atoms with Gasteiger partial charge in [0.15, 0.2) is 5.76 Å².